The van der Waals surface area contributed by atoms with E-state index in [1.54, 1.807) is 7.11 Å². The largest absolute Gasteiger partial charge is 0.495 e. The molecule has 2 aromatic carbocycles. The number of likely N-dealkylation sites (tertiary alicyclic amines) is 2. The van der Waals surface area contributed by atoms with Crippen LogP contribution in [0.1, 0.15) is 35.6 Å². The number of nitrogens with zero attached hydrogens (tertiary/aromatic N) is 3. The number of aromatic nitrogens is 1. The van der Waals surface area contributed by atoms with Crippen molar-refractivity contribution in [3.05, 3.63) is 89.7 Å². The lowest BCUT2D eigenvalue weighted by atomic mass is 9.63. The quantitative estimate of drug-likeness (QED) is 0.568. The van der Waals surface area contributed by atoms with Crippen molar-refractivity contribution in [2.75, 3.05) is 32.1 Å². The van der Waals surface area contributed by atoms with Gasteiger partial charge in [0.05, 0.1) is 12.8 Å². The summed E-state index contributed by atoms with van der Waals surface area (Å²) >= 11 is 0. The first kappa shape index (κ1) is 22.4. The Labute approximate surface area is 201 Å². The molecule has 1 unspecified atom stereocenters. The maximum atomic E-state index is 13.0. The summed E-state index contributed by atoms with van der Waals surface area (Å²) in [5.74, 6) is 0.673. The summed E-state index contributed by atoms with van der Waals surface area (Å²) in [6, 6.07) is 20.6. The van der Waals surface area contributed by atoms with Gasteiger partial charge in [0.2, 0.25) is 0 Å². The number of para-hydroxylation sites is 2. The number of pyridine rings is 1. The number of aryl methyl sites for hydroxylation is 1. The van der Waals surface area contributed by atoms with E-state index >= 15 is 0 Å². The molecule has 2 fully saturated rings. The third-order valence-electron chi connectivity index (χ3n) is 7.49. The van der Waals surface area contributed by atoms with E-state index < -0.39 is 0 Å². The highest BCUT2D eigenvalue weighted by atomic mass is 16.5. The molecular formula is C28H32N4O2. The Morgan fingerprint density at radius 3 is 2.59 bits per heavy atom. The number of rotatable bonds is 5. The number of carbonyl (C=O) groups is 1. The number of nitrogens with one attached hydrogen (secondary N) is 1. The first-order valence-electron chi connectivity index (χ1n) is 12.0. The van der Waals surface area contributed by atoms with E-state index in [2.05, 4.69) is 52.5 Å². The molecule has 6 nitrogen and oxygen atoms in total. The van der Waals surface area contributed by atoms with E-state index in [-0.39, 0.29) is 11.4 Å². The number of urea groups is 1. The molecule has 1 N–H and O–H groups in total. The second kappa shape index (κ2) is 9.47. The maximum Gasteiger partial charge on any atom is 0.321 e. The average Bonchev–Trinajstić information content (AvgIpc) is 2.86. The molecule has 1 spiro atoms. The van der Waals surface area contributed by atoms with Gasteiger partial charge in [-0.1, -0.05) is 42.5 Å². The van der Waals surface area contributed by atoms with Crippen molar-refractivity contribution in [1.29, 1.82) is 0 Å². The summed E-state index contributed by atoms with van der Waals surface area (Å²) in [5, 5.41) is 3.03. The summed E-state index contributed by atoms with van der Waals surface area (Å²) in [4.78, 5) is 21.9. The number of ether oxygens (including phenoxy) is 1. The van der Waals surface area contributed by atoms with Crippen LogP contribution >= 0.6 is 0 Å². The highest BCUT2D eigenvalue weighted by Gasteiger charge is 2.54. The number of anilines is 1. The van der Waals surface area contributed by atoms with Gasteiger partial charge in [-0.15, -0.1) is 0 Å². The molecule has 0 saturated carbocycles. The number of benzene rings is 2. The van der Waals surface area contributed by atoms with Gasteiger partial charge < -0.3 is 15.0 Å². The Bertz CT molecular complexity index is 1140. The fourth-order valence-corrected chi connectivity index (χ4v) is 5.64. The summed E-state index contributed by atoms with van der Waals surface area (Å²) in [5.41, 5.74) is 4.86. The molecule has 2 aliphatic rings. The predicted octanol–water partition coefficient (Wildman–Crippen LogP) is 5.27. The van der Waals surface area contributed by atoms with Crippen molar-refractivity contribution >= 4 is 11.7 Å². The van der Waals surface area contributed by atoms with E-state index in [4.69, 9.17) is 4.74 Å². The van der Waals surface area contributed by atoms with Crippen LogP contribution in [0.3, 0.4) is 0 Å². The Balaban J connectivity index is 1.29. The molecule has 34 heavy (non-hydrogen) atoms. The van der Waals surface area contributed by atoms with E-state index in [9.17, 15) is 4.79 Å². The van der Waals surface area contributed by atoms with Crippen LogP contribution in [-0.4, -0.2) is 47.6 Å². The third kappa shape index (κ3) is 4.26. The van der Waals surface area contributed by atoms with Crippen molar-refractivity contribution in [2.24, 2.45) is 5.41 Å². The van der Waals surface area contributed by atoms with Gasteiger partial charge in [0.25, 0.3) is 0 Å². The minimum absolute atomic E-state index is 0.0617. The van der Waals surface area contributed by atoms with Crippen LogP contribution in [0.2, 0.25) is 0 Å². The molecule has 3 aromatic rings. The van der Waals surface area contributed by atoms with Gasteiger partial charge in [0.15, 0.2) is 0 Å². The molecule has 0 bridgehead atoms. The van der Waals surface area contributed by atoms with Gasteiger partial charge in [-0.3, -0.25) is 9.88 Å². The average molecular weight is 457 g/mol. The van der Waals surface area contributed by atoms with Crippen LogP contribution in [0, 0.1) is 12.3 Å². The zero-order valence-corrected chi connectivity index (χ0v) is 19.9. The molecule has 0 radical (unpaired) electrons. The Hall–Kier alpha value is -3.38. The third-order valence-corrected chi connectivity index (χ3v) is 7.49. The minimum Gasteiger partial charge on any atom is -0.495 e. The minimum atomic E-state index is -0.0617. The Morgan fingerprint density at radius 2 is 1.85 bits per heavy atom. The van der Waals surface area contributed by atoms with Crippen LogP contribution < -0.4 is 10.1 Å². The van der Waals surface area contributed by atoms with Crippen LogP contribution in [0.25, 0.3) is 0 Å². The summed E-state index contributed by atoms with van der Waals surface area (Å²) in [6.07, 6.45) is 5.81. The summed E-state index contributed by atoms with van der Waals surface area (Å²) in [6.45, 7) is 5.66. The lowest BCUT2D eigenvalue weighted by molar-refractivity contribution is -0.112. The SMILES string of the molecule is COc1ccccc1NC(=O)N1CCC2(CC1)CN(Cc1ccccc1C)C2c1cccnc1. The number of carbonyl (C=O) groups excluding carboxylic acids is 1. The number of methoxy groups -OCH3 is 1. The zero-order chi connectivity index (χ0) is 23.5. The highest BCUT2D eigenvalue weighted by molar-refractivity contribution is 5.91. The first-order chi connectivity index (χ1) is 16.6. The normalized spacial score (nSPS) is 19.5. The molecule has 2 aliphatic heterocycles. The van der Waals surface area contributed by atoms with Crippen molar-refractivity contribution in [3.8, 4) is 5.75 Å². The molecule has 2 amide bonds. The number of hydrogen-bond donors (Lipinski definition) is 1. The summed E-state index contributed by atoms with van der Waals surface area (Å²) in [7, 11) is 1.62. The summed E-state index contributed by atoms with van der Waals surface area (Å²) < 4.78 is 5.38. The van der Waals surface area contributed by atoms with Gasteiger partial charge in [0, 0.05) is 50.0 Å². The van der Waals surface area contributed by atoms with Crippen LogP contribution in [0.5, 0.6) is 5.75 Å². The lowest BCUT2D eigenvalue weighted by Gasteiger charge is -2.60. The van der Waals surface area contributed by atoms with Gasteiger partial charge in [0.1, 0.15) is 5.75 Å². The monoisotopic (exact) mass is 456 g/mol. The van der Waals surface area contributed by atoms with Crippen LogP contribution in [-0.2, 0) is 6.54 Å². The molecule has 5 rings (SSSR count). The molecule has 0 aliphatic carbocycles. The second-order valence-electron chi connectivity index (χ2n) is 9.50. The van der Waals surface area contributed by atoms with E-state index in [1.165, 1.54) is 16.7 Å². The van der Waals surface area contributed by atoms with Crippen LogP contribution in [0.15, 0.2) is 73.1 Å². The second-order valence-corrected chi connectivity index (χ2v) is 9.50. The van der Waals surface area contributed by atoms with Gasteiger partial charge >= 0.3 is 6.03 Å². The Kier molecular flexibility index (Phi) is 6.24. The van der Waals surface area contributed by atoms with E-state index in [0.29, 0.717) is 17.5 Å². The predicted molar refractivity (Wildman–Crippen MR) is 134 cm³/mol. The van der Waals surface area contributed by atoms with Crippen molar-refractivity contribution in [2.45, 2.75) is 32.4 Å². The van der Waals surface area contributed by atoms with E-state index in [1.807, 2.05) is 47.6 Å². The van der Waals surface area contributed by atoms with Crippen molar-refractivity contribution in [3.63, 3.8) is 0 Å². The molecule has 1 atom stereocenters. The van der Waals surface area contributed by atoms with Gasteiger partial charge in [-0.25, -0.2) is 4.79 Å². The smallest absolute Gasteiger partial charge is 0.321 e. The molecule has 176 valence electrons. The number of piperidine rings is 1. The van der Waals surface area contributed by atoms with Gasteiger partial charge in [-0.05, 0) is 54.7 Å². The fraction of sp³-hybridized carbons (Fsp3) is 0.357. The highest BCUT2D eigenvalue weighted by Crippen LogP contribution is 2.55. The fourth-order valence-electron chi connectivity index (χ4n) is 5.64. The lowest BCUT2D eigenvalue weighted by Crippen LogP contribution is -2.62. The van der Waals surface area contributed by atoms with Gasteiger partial charge in [-0.2, -0.15) is 0 Å². The van der Waals surface area contributed by atoms with E-state index in [0.717, 1.165) is 39.0 Å². The zero-order valence-electron chi connectivity index (χ0n) is 19.9. The number of hydrogen-bond acceptors (Lipinski definition) is 4. The molecule has 3 heterocycles. The topological polar surface area (TPSA) is 57.7 Å². The molecular weight excluding hydrogens is 424 g/mol. The number of amides is 2. The Morgan fingerprint density at radius 1 is 1.09 bits per heavy atom. The molecule has 2 saturated heterocycles. The maximum absolute atomic E-state index is 13.0. The first-order valence-corrected chi connectivity index (χ1v) is 12.0. The van der Waals surface area contributed by atoms with Crippen molar-refractivity contribution in [1.82, 2.24) is 14.8 Å². The van der Waals surface area contributed by atoms with Crippen LogP contribution in [0.4, 0.5) is 10.5 Å². The van der Waals surface area contributed by atoms with Crippen molar-refractivity contribution < 1.29 is 9.53 Å². The molecule has 1 aromatic heterocycles. The molecule has 6 heteroatoms. The standard InChI is InChI=1S/C28H32N4O2/c1-21-8-3-4-9-23(21)19-32-20-28(26(32)22-10-7-15-29-18-22)13-16-31(17-14-28)27(33)30-24-11-5-6-12-25(24)34-2/h3-12,15,18,26H,13-14,16-17,19-20H2,1-2H3,(H,30,33).